The molecule has 0 fully saturated rings. The van der Waals surface area contributed by atoms with Crippen LogP contribution in [0.3, 0.4) is 0 Å². The lowest BCUT2D eigenvalue weighted by Gasteiger charge is -2.20. The lowest BCUT2D eigenvalue weighted by atomic mass is 10.1. The van der Waals surface area contributed by atoms with Gasteiger partial charge in [-0.3, -0.25) is 19.6 Å². The summed E-state index contributed by atoms with van der Waals surface area (Å²) in [5, 5.41) is 12.1. The van der Waals surface area contributed by atoms with Gasteiger partial charge in [-0.1, -0.05) is 60.2 Å². The predicted octanol–water partition coefficient (Wildman–Crippen LogP) is 4.34. The van der Waals surface area contributed by atoms with Gasteiger partial charge < -0.3 is 0 Å². The zero-order valence-electron chi connectivity index (χ0n) is 20.5. The van der Waals surface area contributed by atoms with E-state index in [0.717, 1.165) is 16.7 Å². The standard InChI is InChI=1S/C29H24N6O2/c1-19-8-14-24(15-9-19)26(36)34(18-23-12-10-22(17-30)11-13-23)29-32-28-31-20(2)25(27(37)35(28)33-29)16-21-6-4-3-5-7-21/h3-15H,16,18H2,1-2H3,(H,31,32,33). The molecule has 2 aromatic heterocycles. The van der Waals surface area contributed by atoms with Gasteiger partial charge in [0.05, 0.1) is 23.9 Å². The Morgan fingerprint density at radius 2 is 1.65 bits per heavy atom. The van der Waals surface area contributed by atoms with E-state index >= 15 is 0 Å². The second kappa shape index (κ2) is 9.91. The first-order valence-corrected chi connectivity index (χ1v) is 11.8. The molecule has 0 saturated carbocycles. The maximum Gasteiger partial charge on any atom is 0.277 e. The van der Waals surface area contributed by atoms with Crippen molar-refractivity contribution < 1.29 is 4.79 Å². The average Bonchev–Trinajstić information content (AvgIpc) is 3.34. The summed E-state index contributed by atoms with van der Waals surface area (Å²) in [4.78, 5) is 37.6. The van der Waals surface area contributed by atoms with Crippen LogP contribution in [0.5, 0.6) is 0 Å². The van der Waals surface area contributed by atoms with Crippen LogP contribution in [0.25, 0.3) is 5.78 Å². The molecule has 0 spiro atoms. The zero-order chi connectivity index (χ0) is 25.9. The largest absolute Gasteiger partial charge is 0.277 e. The van der Waals surface area contributed by atoms with Crippen molar-refractivity contribution in [1.29, 1.82) is 5.26 Å². The van der Waals surface area contributed by atoms with Gasteiger partial charge >= 0.3 is 0 Å². The number of benzene rings is 3. The number of aromatic amines is 1. The minimum absolute atomic E-state index is 0.183. The van der Waals surface area contributed by atoms with E-state index < -0.39 is 0 Å². The highest BCUT2D eigenvalue weighted by Gasteiger charge is 2.23. The molecule has 5 aromatic rings. The van der Waals surface area contributed by atoms with Gasteiger partial charge in [0.2, 0.25) is 5.95 Å². The van der Waals surface area contributed by atoms with Gasteiger partial charge in [-0.2, -0.15) is 14.8 Å². The van der Waals surface area contributed by atoms with Crippen LogP contribution in [0.2, 0.25) is 0 Å². The van der Waals surface area contributed by atoms with Crippen LogP contribution >= 0.6 is 0 Å². The molecule has 0 saturated heterocycles. The van der Waals surface area contributed by atoms with Crippen molar-refractivity contribution in [2.75, 3.05) is 4.90 Å². The maximum atomic E-state index is 13.6. The van der Waals surface area contributed by atoms with Crippen LogP contribution in [0.1, 0.15) is 43.9 Å². The van der Waals surface area contributed by atoms with E-state index in [1.807, 2.05) is 49.4 Å². The van der Waals surface area contributed by atoms with Crippen molar-refractivity contribution in [2.45, 2.75) is 26.8 Å². The molecule has 5 rings (SSSR count). The Bertz CT molecular complexity index is 1680. The molecule has 0 aliphatic heterocycles. The minimum atomic E-state index is -0.280. The number of rotatable bonds is 6. The van der Waals surface area contributed by atoms with E-state index in [0.29, 0.717) is 28.8 Å². The van der Waals surface area contributed by atoms with Crippen LogP contribution in [0.15, 0.2) is 83.7 Å². The summed E-state index contributed by atoms with van der Waals surface area (Å²) in [7, 11) is 0. The second-order valence-electron chi connectivity index (χ2n) is 8.89. The van der Waals surface area contributed by atoms with Gasteiger partial charge in [-0.25, -0.2) is 4.98 Å². The molecule has 2 heterocycles. The number of fused-ring (bicyclic) bond motifs is 1. The topological polar surface area (TPSA) is 107 Å². The third kappa shape index (κ3) is 4.88. The van der Waals surface area contributed by atoms with Crippen molar-refractivity contribution in [2.24, 2.45) is 0 Å². The Kier molecular flexibility index (Phi) is 6.35. The van der Waals surface area contributed by atoms with Gasteiger partial charge in [0.15, 0.2) is 0 Å². The maximum absolute atomic E-state index is 13.6. The van der Waals surface area contributed by atoms with Crippen LogP contribution in [-0.4, -0.2) is 25.5 Å². The molecule has 0 radical (unpaired) electrons. The number of anilines is 1. The third-order valence-corrected chi connectivity index (χ3v) is 6.23. The normalized spacial score (nSPS) is 10.8. The molecule has 0 atom stereocenters. The third-order valence-electron chi connectivity index (χ3n) is 6.23. The van der Waals surface area contributed by atoms with Gasteiger partial charge in [0.25, 0.3) is 17.2 Å². The predicted molar refractivity (Wildman–Crippen MR) is 140 cm³/mol. The fourth-order valence-electron chi connectivity index (χ4n) is 4.13. The Morgan fingerprint density at radius 1 is 0.946 bits per heavy atom. The fourth-order valence-corrected chi connectivity index (χ4v) is 4.13. The van der Waals surface area contributed by atoms with Crippen molar-refractivity contribution in [1.82, 2.24) is 19.6 Å². The SMILES string of the molecule is Cc1ccc(C(=O)N(Cc2ccc(C#N)cc2)c2nc3nc(C)c(Cc4ccccc4)c(=O)n3[nH]2)cc1. The Labute approximate surface area is 213 Å². The number of hydrogen-bond acceptors (Lipinski definition) is 5. The summed E-state index contributed by atoms with van der Waals surface area (Å²) in [5.41, 5.74) is 4.75. The van der Waals surface area contributed by atoms with E-state index in [2.05, 4.69) is 21.1 Å². The molecule has 1 amide bonds. The quantitative estimate of drug-likeness (QED) is 0.383. The van der Waals surface area contributed by atoms with E-state index in [1.165, 1.54) is 9.42 Å². The fraction of sp³-hybridized carbons (Fsp3) is 0.138. The summed E-state index contributed by atoms with van der Waals surface area (Å²) in [6.45, 7) is 3.93. The van der Waals surface area contributed by atoms with Gasteiger partial charge in [0.1, 0.15) is 0 Å². The number of carbonyl (C=O) groups excluding carboxylic acids is 1. The van der Waals surface area contributed by atoms with Crippen LogP contribution in [0.4, 0.5) is 5.95 Å². The van der Waals surface area contributed by atoms with Gasteiger partial charge in [-0.15, -0.1) is 0 Å². The first kappa shape index (κ1) is 23.7. The molecule has 182 valence electrons. The number of H-pyrrole nitrogens is 1. The van der Waals surface area contributed by atoms with Crippen LogP contribution in [-0.2, 0) is 13.0 Å². The lowest BCUT2D eigenvalue weighted by Crippen LogP contribution is -2.31. The molecule has 0 bridgehead atoms. The van der Waals surface area contributed by atoms with Crippen molar-refractivity contribution in [3.63, 3.8) is 0 Å². The Hall–Kier alpha value is -5.03. The van der Waals surface area contributed by atoms with E-state index in [1.54, 1.807) is 43.3 Å². The number of hydrogen-bond donors (Lipinski definition) is 1. The Morgan fingerprint density at radius 3 is 2.32 bits per heavy atom. The van der Waals surface area contributed by atoms with Gasteiger partial charge in [-0.05, 0) is 49.2 Å². The molecule has 8 nitrogen and oxygen atoms in total. The number of nitrogens with zero attached hydrogens (tertiary/aromatic N) is 5. The smallest absolute Gasteiger partial charge is 0.272 e. The molecule has 3 aromatic carbocycles. The first-order chi connectivity index (χ1) is 17.9. The molecule has 0 unspecified atom stereocenters. The van der Waals surface area contributed by atoms with Crippen LogP contribution in [0, 0.1) is 25.2 Å². The number of nitriles is 1. The summed E-state index contributed by atoms with van der Waals surface area (Å²) in [5.74, 6) is 0.115. The number of nitrogens with one attached hydrogen (secondary N) is 1. The number of amides is 1. The number of aryl methyl sites for hydroxylation is 2. The lowest BCUT2D eigenvalue weighted by molar-refractivity contribution is 0.0983. The molecule has 8 heteroatoms. The highest BCUT2D eigenvalue weighted by Crippen LogP contribution is 2.19. The molecule has 1 N–H and O–H groups in total. The first-order valence-electron chi connectivity index (χ1n) is 11.8. The zero-order valence-corrected chi connectivity index (χ0v) is 20.5. The highest BCUT2D eigenvalue weighted by atomic mass is 16.2. The summed E-state index contributed by atoms with van der Waals surface area (Å²) in [6, 6.07) is 26.1. The molecule has 37 heavy (non-hydrogen) atoms. The van der Waals surface area contributed by atoms with Crippen molar-refractivity contribution >= 4 is 17.6 Å². The average molecular weight is 489 g/mol. The highest BCUT2D eigenvalue weighted by molar-refractivity contribution is 6.05. The second-order valence-corrected chi connectivity index (χ2v) is 8.89. The summed E-state index contributed by atoms with van der Waals surface area (Å²) < 4.78 is 1.29. The van der Waals surface area contributed by atoms with E-state index in [4.69, 9.17) is 5.26 Å². The number of aromatic nitrogens is 4. The van der Waals surface area contributed by atoms with E-state index in [9.17, 15) is 9.59 Å². The van der Waals surface area contributed by atoms with Crippen LogP contribution < -0.4 is 10.5 Å². The van der Waals surface area contributed by atoms with Crippen molar-refractivity contribution in [3.05, 3.63) is 128 Å². The monoisotopic (exact) mass is 488 g/mol. The Balaban J connectivity index is 1.57. The minimum Gasteiger partial charge on any atom is -0.272 e. The molecular weight excluding hydrogens is 464 g/mol. The molecular formula is C29H24N6O2. The van der Waals surface area contributed by atoms with E-state index in [-0.39, 0.29) is 29.7 Å². The molecule has 0 aliphatic rings. The van der Waals surface area contributed by atoms with Crippen molar-refractivity contribution in [3.8, 4) is 6.07 Å². The molecule has 0 aliphatic carbocycles. The van der Waals surface area contributed by atoms with Gasteiger partial charge in [0, 0.05) is 17.5 Å². The number of carbonyl (C=O) groups is 1. The summed E-state index contributed by atoms with van der Waals surface area (Å²) in [6.07, 6.45) is 0.438. The summed E-state index contributed by atoms with van der Waals surface area (Å²) >= 11 is 0.